The third-order valence-corrected chi connectivity index (χ3v) is 5.39. The van der Waals surface area contributed by atoms with Crippen molar-refractivity contribution in [1.29, 1.82) is 0 Å². The Balaban J connectivity index is 1.97. The average Bonchev–Trinajstić information content (AvgIpc) is 3.31. The Morgan fingerprint density at radius 2 is 2.00 bits per heavy atom. The molecule has 0 N–H and O–H groups in total. The van der Waals surface area contributed by atoms with Crippen LogP contribution in [0, 0.1) is 0 Å². The molecule has 0 bridgehead atoms. The number of amides is 1. The summed E-state index contributed by atoms with van der Waals surface area (Å²) in [7, 11) is 1.28. The van der Waals surface area contributed by atoms with Crippen LogP contribution in [-0.2, 0) is 9.47 Å². The third kappa shape index (κ3) is 4.29. The molecule has 1 unspecified atom stereocenters. The quantitative estimate of drug-likeness (QED) is 0.417. The number of carbonyl (C=O) groups excluding carboxylic acids is 2. The van der Waals surface area contributed by atoms with Gasteiger partial charge in [0.25, 0.3) is 0 Å². The first-order valence-electron chi connectivity index (χ1n) is 9.41. The third-order valence-electron chi connectivity index (χ3n) is 4.72. The first-order chi connectivity index (χ1) is 13.7. The molecule has 1 aliphatic rings. The van der Waals surface area contributed by atoms with Crippen LogP contribution in [0.25, 0.3) is 11.2 Å². The molecular weight excluding hydrogens is 396 g/mol. The van der Waals surface area contributed by atoms with E-state index in [0.29, 0.717) is 22.7 Å². The van der Waals surface area contributed by atoms with E-state index < -0.39 is 11.6 Å². The van der Waals surface area contributed by atoms with E-state index >= 15 is 0 Å². The van der Waals surface area contributed by atoms with E-state index in [9.17, 15) is 9.59 Å². The van der Waals surface area contributed by atoms with Crippen molar-refractivity contribution >= 4 is 35.0 Å². The molecular formula is C18H26N6O4S. The number of ether oxygens (including phenoxy) is 2. The summed E-state index contributed by atoms with van der Waals surface area (Å²) in [6.07, 6.45) is 3.18. The molecule has 0 aromatic carbocycles. The summed E-state index contributed by atoms with van der Waals surface area (Å²) in [5.41, 5.74) is 0.385. The lowest BCUT2D eigenvalue weighted by molar-refractivity contribution is 0.0185. The van der Waals surface area contributed by atoms with E-state index in [0.717, 1.165) is 12.8 Å². The van der Waals surface area contributed by atoms with Gasteiger partial charge in [0.15, 0.2) is 11.2 Å². The van der Waals surface area contributed by atoms with Crippen molar-refractivity contribution in [2.75, 3.05) is 19.9 Å². The number of hydrogen-bond acceptors (Lipinski definition) is 9. The number of fused-ring (bicyclic) bond motifs is 1. The van der Waals surface area contributed by atoms with E-state index in [1.165, 1.54) is 18.9 Å². The van der Waals surface area contributed by atoms with E-state index in [1.54, 1.807) is 9.58 Å². The van der Waals surface area contributed by atoms with Gasteiger partial charge in [-0.3, -0.25) is 0 Å². The molecule has 3 rings (SSSR count). The average molecular weight is 423 g/mol. The van der Waals surface area contributed by atoms with Crippen LogP contribution in [0.15, 0.2) is 5.03 Å². The maximum atomic E-state index is 12.7. The summed E-state index contributed by atoms with van der Waals surface area (Å²) >= 11 is 1.35. The molecule has 2 atom stereocenters. The van der Waals surface area contributed by atoms with Crippen molar-refractivity contribution < 1.29 is 19.1 Å². The number of likely N-dealkylation sites (tertiary alicyclic amines) is 1. The number of methoxy groups -OCH3 is 1. The van der Waals surface area contributed by atoms with Gasteiger partial charge < -0.3 is 14.4 Å². The van der Waals surface area contributed by atoms with Crippen LogP contribution in [-0.4, -0.2) is 73.5 Å². The van der Waals surface area contributed by atoms with Crippen molar-refractivity contribution in [3.8, 4) is 0 Å². The number of esters is 1. The number of aromatic nitrogens is 5. The van der Waals surface area contributed by atoms with Gasteiger partial charge >= 0.3 is 12.1 Å². The normalized spacial score (nSPS) is 18.1. The van der Waals surface area contributed by atoms with Gasteiger partial charge in [0.1, 0.15) is 10.6 Å². The largest absolute Gasteiger partial charge is 0.463 e. The van der Waals surface area contributed by atoms with Crippen molar-refractivity contribution in [1.82, 2.24) is 29.9 Å². The number of carbonyl (C=O) groups is 2. The highest BCUT2D eigenvalue weighted by Gasteiger charge is 2.37. The number of nitrogens with zero attached hydrogens (tertiary/aromatic N) is 6. The molecule has 0 aliphatic carbocycles. The van der Waals surface area contributed by atoms with Gasteiger partial charge in [-0.25, -0.2) is 24.2 Å². The van der Waals surface area contributed by atoms with Crippen molar-refractivity contribution in [2.24, 2.45) is 0 Å². The van der Waals surface area contributed by atoms with Crippen LogP contribution < -0.4 is 0 Å². The summed E-state index contributed by atoms with van der Waals surface area (Å²) < 4.78 is 12.0. The molecule has 0 spiro atoms. The van der Waals surface area contributed by atoms with Gasteiger partial charge in [0, 0.05) is 6.54 Å². The molecule has 2 aromatic heterocycles. The minimum atomic E-state index is -0.626. The number of rotatable bonds is 4. The summed E-state index contributed by atoms with van der Waals surface area (Å²) in [5, 5.41) is 9.03. The highest BCUT2D eigenvalue weighted by Crippen LogP contribution is 2.31. The first kappa shape index (κ1) is 21.3. The zero-order valence-electron chi connectivity index (χ0n) is 17.5. The van der Waals surface area contributed by atoms with Crippen LogP contribution in [0.3, 0.4) is 0 Å². The zero-order chi connectivity index (χ0) is 21.3. The van der Waals surface area contributed by atoms with E-state index in [2.05, 4.69) is 20.3 Å². The SMILES string of the molecule is COC(=O)c1nc(SC)c2nnn(C(C)[C@@H]3CCCN3C(=O)OC(C)(C)C)c2n1. The fourth-order valence-corrected chi connectivity index (χ4v) is 3.91. The van der Waals surface area contributed by atoms with Gasteiger partial charge in [-0.15, -0.1) is 16.9 Å². The summed E-state index contributed by atoms with van der Waals surface area (Å²) in [4.78, 5) is 34.9. The van der Waals surface area contributed by atoms with Crippen molar-refractivity contribution in [3.63, 3.8) is 0 Å². The monoisotopic (exact) mass is 422 g/mol. The predicted molar refractivity (Wildman–Crippen MR) is 107 cm³/mol. The highest BCUT2D eigenvalue weighted by molar-refractivity contribution is 7.98. The van der Waals surface area contributed by atoms with E-state index in [-0.39, 0.29) is 24.0 Å². The zero-order valence-corrected chi connectivity index (χ0v) is 18.3. The lowest BCUT2D eigenvalue weighted by atomic mass is 10.1. The molecule has 1 fully saturated rings. The second-order valence-corrected chi connectivity index (χ2v) is 8.67. The molecule has 3 heterocycles. The van der Waals surface area contributed by atoms with Gasteiger partial charge in [0.05, 0.1) is 19.2 Å². The molecule has 1 aliphatic heterocycles. The fourth-order valence-electron chi connectivity index (χ4n) is 3.41. The summed E-state index contributed by atoms with van der Waals surface area (Å²) in [6, 6.07) is -0.339. The molecule has 0 radical (unpaired) electrons. The standard InChI is InChI=1S/C18H26N6O4S/c1-10(11-8-7-9-23(11)17(26)28-18(2,3)4)24-14-12(21-22-24)15(29-6)20-13(19-14)16(25)27-5/h10-11H,7-9H2,1-6H3/t10?,11-/m0/s1. The van der Waals surface area contributed by atoms with E-state index in [1.807, 2.05) is 34.0 Å². The highest BCUT2D eigenvalue weighted by atomic mass is 32.2. The van der Waals surface area contributed by atoms with Crippen molar-refractivity contribution in [2.45, 2.75) is 63.2 Å². The second kappa shape index (κ2) is 8.13. The van der Waals surface area contributed by atoms with Crippen LogP contribution in [0.1, 0.15) is 57.2 Å². The van der Waals surface area contributed by atoms with Crippen molar-refractivity contribution in [3.05, 3.63) is 5.82 Å². The number of hydrogen-bond donors (Lipinski definition) is 0. The number of thioether (sulfide) groups is 1. The minimum absolute atomic E-state index is 0.0458. The van der Waals surface area contributed by atoms with E-state index in [4.69, 9.17) is 9.47 Å². The maximum Gasteiger partial charge on any atom is 0.410 e. The Kier molecular flexibility index (Phi) is 5.97. The smallest absolute Gasteiger partial charge is 0.410 e. The lowest BCUT2D eigenvalue weighted by Crippen LogP contribution is -2.43. The van der Waals surface area contributed by atoms with Crippen LogP contribution in [0.4, 0.5) is 4.79 Å². The molecule has 158 valence electrons. The second-order valence-electron chi connectivity index (χ2n) is 7.88. The molecule has 29 heavy (non-hydrogen) atoms. The van der Waals surface area contributed by atoms with Crippen LogP contribution in [0.5, 0.6) is 0 Å². The Morgan fingerprint density at radius 3 is 2.62 bits per heavy atom. The maximum absolute atomic E-state index is 12.7. The Morgan fingerprint density at radius 1 is 1.28 bits per heavy atom. The Labute approximate surface area is 173 Å². The molecule has 2 aromatic rings. The Hall–Kier alpha value is -2.43. The molecule has 10 nitrogen and oxygen atoms in total. The van der Waals surface area contributed by atoms with Gasteiger partial charge in [-0.05, 0) is 46.8 Å². The predicted octanol–water partition coefficient (Wildman–Crippen LogP) is 2.69. The van der Waals surface area contributed by atoms with Crippen LogP contribution in [0.2, 0.25) is 0 Å². The molecule has 1 saturated heterocycles. The first-order valence-corrected chi connectivity index (χ1v) is 10.6. The molecule has 0 saturated carbocycles. The summed E-state index contributed by atoms with van der Waals surface area (Å²) in [5.74, 6) is -0.672. The Bertz CT molecular complexity index is 925. The minimum Gasteiger partial charge on any atom is -0.463 e. The van der Waals surface area contributed by atoms with Crippen LogP contribution >= 0.6 is 11.8 Å². The summed E-state index contributed by atoms with van der Waals surface area (Å²) in [6.45, 7) is 8.12. The van der Waals surface area contributed by atoms with Gasteiger partial charge in [-0.2, -0.15) is 0 Å². The molecule has 1 amide bonds. The fraction of sp³-hybridized carbons (Fsp3) is 0.667. The van der Waals surface area contributed by atoms with Gasteiger partial charge in [0.2, 0.25) is 5.82 Å². The topological polar surface area (TPSA) is 112 Å². The van der Waals surface area contributed by atoms with Gasteiger partial charge in [-0.1, -0.05) is 5.21 Å². The lowest BCUT2D eigenvalue weighted by Gasteiger charge is -2.31. The molecule has 11 heteroatoms.